The van der Waals surface area contributed by atoms with Gasteiger partial charge in [-0.2, -0.15) is 0 Å². The molecule has 0 fully saturated rings. The van der Waals surface area contributed by atoms with Gasteiger partial charge >= 0.3 is 5.97 Å². The molecule has 1 aromatic carbocycles. The Morgan fingerprint density at radius 3 is 2.60 bits per heavy atom. The van der Waals surface area contributed by atoms with Crippen LogP contribution < -0.4 is 5.14 Å². The van der Waals surface area contributed by atoms with E-state index in [1.165, 1.54) is 0 Å². The van der Waals surface area contributed by atoms with Crippen molar-refractivity contribution in [2.24, 2.45) is 5.14 Å². The Hall–Kier alpha value is -1.51. The second-order valence-electron chi connectivity index (χ2n) is 3.93. The summed E-state index contributed by atoms with van der Waals surface area (Å²) in [6, 6.07) is 2.68. The molecule has 20 heavy (non-hydrogen) atoms. The van der Waals surface area contributed by atoms with Gasteiger partial charge < -0.3 is 9.47 Å². The monoisotopic (exact) mass is 305 g/mol. The van der Waals surface area contributed by atoms with Crippen LogP contribution in [0, 0.1) is 5.82 Å². The number of carbonyl (C=O) groups excluding carboxylic acids is 1. The molecule has 2 N–H and O–H groups in total. The number of rotatable bonds is 7. The molecule has 0 aliphatic heterocycles. The van der Waals surface area contributed by atoms with Crippen LogP contribution in [0.15, 0.2) is 23.1 Å². The van der Waals surface area contributed by atoms with Gasteiger partial charge in [0.05, 0.1) is 17.1 Å². The van der Waals surface area contributed by atoms with Crippen LogP contribution in [0.4, 0.5) is 4.39 Å². The summed E-state index contributed by atoms with van der Waals surface area (Å²) in [4.78, 5) is 11.3. The number of primary sulfonamides is 1. The molecule has 0 atom stereocenters. The summed E-state index contributed by atoms with van der Waals surface area (Å²) < 4.78 is 45.6. The standard InChI is InChI=1S/C12H16FNO5S/c1-2-5-18-6-7-19-12(15)10-8-9(20(14,16)17)3-4-11(10)13/h3-4,8H,2,5-7H2,1H3,(H2,14,16,17). The maximum Gasteiger partial charge on any atom is 0.341 e. The first-order chi connectivity index (χ1) is 9.36. The van der Waals surface area contributed by atoms with Crippen molar-refractivity contribution in [1.29, 1.82) is 0 Å². The predicted molar refractivity (Wildman–Crippen MR) is 69.2 cm³/mol. The normalized spacial score (nSPS) is 11.3. The van der Waals surface area contributed by atoms with E-state index in [1.807, 2.05) is 6.92 Å². The molecule has 8 heteroatoms. The third-order valence-corrected chi connectivity index (χ3v) is 3.21. The quantitative estimate of drug-likeness (QED) is 0.600. The summed E-state index contributed by atoms with van der Waals surface area (Å²) in [7, 11) is -4.01. The molecule has 0 aliphatic rings. The molecule has 0 saturated heterocycles. The minimum absolute atomic E-state index is 0.0438. The SMILES string of the molecule is CCCOCCOC(=O)c1cc(S(N)(=O)=O)ccc1F. The fourth-order valence-corrected chi connectivity index (χ4v) is 1.90. The van der Waals surface area contributed by atoms with Crippen LogP contribution in [-0.4, -0.2) is 34.2 Å². The van der Waals surface area contributed by atoms with Gasteiger partial charge in [0.1, 0.15) is 12.4 Å². The zero-order valence-corrected chi connectivity index (χ0v) is 11.8. The molecule has 0 heterocycles. The second kappa shape index (κ2) is 7.32. The van der Waals surface area contributed by atoms with E-state index in [4.69, 9.17) is 14.6 Å². The zero-order chi connectivity index (χ0) is 15.2. The summed E-state index contributed by atoms with van der Waals surface area (Å²) in [6.45, 7) is 2.61. The van der Waals surface area contributed by atoms with Crippen molar-refractivity contribution < 1.29 is 27.1 Å². The maximum atomic E-state index is 13.5. The lowest BCUT2D eigenvalue weighted by Gasteiger charge is -2.07. The largest absolute Gasteiger partial charge is 0.460 e. The number of sulfonamides is 1. The number of carbonyl (C=O) groups is 1. The molecule has 0 spiro atoms. The van der Waals surface area contributed by atoms with Crippen LogP contribution in [0.2, 0.25) is 0 Å². The van der Waals surface area contributed by atoms with Gasteiger partial charge in [0, 0.05) is 6.61 Å². The van der Waals surface area contributed by atoms with Gasteiger partial charge in [-0.15, -0.1) is 0 Å². The minimum Gasteiger partial charge on any atom is -0.460 e. The van der Waals surface area contributed by atoms with Gasteiger partial charge in [-0.3, -0.25) is 0 Å². The van der Waals surface area contributed by atoms with Crippen molar-refractivity contribution in [2.45, 2.75) is 18.2 Å². The van der Waals surface area contributed by atoms with Gasteiger partial charge in [0.25, 0.3) is 0 Å². The van der Waals surface area contributed by atoms with Crippen molar-refractivity contribution >= 4 is 16.0 Å². The number of halogens is 1. The topological polar surface area (TPSA) is 95.7 Å². The molecule has 0 aromatic heterocycles. The number of hydrogen-bond acceptors (Lipinski definition) is 5. The van der Waals surface area contributed by atoms with E-state index < -0.39 is 27.4 Å². The molecule has 0 aliphatic carbocycles. The van der Waals surface area contributed by atoms with Crippen LogP contribution in [0.3, 0.4) is 0 Å². The first-order valence-corrected chi connectivity index (χ1v) is 7.48. The average molecular weight is 305 g/mol. The third kappa shape index (κ3) is 4.87. The van der Waals surface area contributed by atoms with Crippen LogP contribution in [0.25, 0.3) is 0 Å². The molecule has 0 radical (unpaired) electrons. The number of ether oxygens (including phenoxy) is 2. The molecular formula is C12H16FNO5S. The summed E-state index contributed by atoms with van der Waals surface area (Å²) >= 11 is 0. The average Bonchev–Trinajstić information content (AvgIpc) is 2.37. The summed E-state index contributed by atoms with van der Waals surface area (Å²) in [6.07, 6.45) is 0.832. The molecule has 1 aromatic rings. The highest BCUT2D eigenvalue weighted by atomic mass is 32.2. The first-order valence-electron chi connectivity index (χ1n) is 5.93. The smallest absolute Gasteiger partial charge is 0.341 e. The van der Waals surface area contributed by atoms with E-state index in [9.17, 15) is 17.6 Å². The molecule has 6 nitrogen and oxygen atoms in total. The number of hydrogen-bond donors (Lipinski definition) is 1. The van der Waals surface area contributed by atoms with E-state index in [0.717, 1.165) is 24.6 Å². The van der Waals surface area contributed by atoms with Crippen LogP contribution in [0.5, 0.6) is 0 Å². The minimum atomic E-state index is -4.01. The van der Waals surface area contributed by atoms with Crippen LogP contribution >= 0.6 is 0 Å². The Morgan fingerprint density at radius 2 is 2.00 bits per heavy atom. The summed E-state index contributed by atoms with van der Waals surface area (Å²) in [5.74, 6) is -1.84. The fraction of sp³-hybridized carbons (Fsp3) is 0.417. The lowest BCUT2D eigenvalue weighted by molar-refractivity contribution is 0.0314. The van der Waals surface area contributed by atoms with Crippen molar-refractivity contribution in [1.82, 2.24) is 0 Å². The van der Waals surface area contributed by atoms with Crippen molar-refractivity contribution in [3.63, 3.8) is 0 Å². The molecular weight excluding hydrogens is 289 g/mol. The third-order valence-electron chi connectivity index (χ3n) is 2.30. The van der Waals surface area contributed by atoms with E-state index in [2.05, 4.69) is 0 Å². The Kier molecular flexibility index (Phi) is 6.05. The van der Waals surface area contributed by atoms with Gasteiger partial charge in [-0.1, -0.05) is 6.92 Å². The van der Waals surface area contributed by atoms with Gasteiger partial charge in [0.2, 0.25) is 10.0 Å². The highest BCUT2D eigenvalue weighted by Crippen LogP contribution is 2.15. The van der Waals surface area contributed by atoms with Crippen molar-refractivity contribution in [3.05, 3.63) is 29.6 Å². The predicted octanol–water partition coefficient (Wildman–Crippen LogP) is 1.06. The molecule has 0 saturated carbocycles. The van der Waals surface area contributed by atoms with E-state index >= 15 is 0 Å². The second-order valence-corrected chi connectivity index (χ2v) is 5.50. The van der Waals surface area contributed by atoms with E-state index in [1.54, 1.807) is 0 Å². The van der Waals surface area contributed by atoms with Crippen molar-refractivity contribution in [3.8, 4) is 0 Å². The highest BCUT2D eigenvalue weighted by molar-refractivity contribution is 7.89. The molecule has 0 unspecified atom stereocenters. The van der Waals surface area contributed by atoms with Gasteiger partial charge in [-0.25, -0.2) is 22.7 Å². The lowest BCUT2D eigenvalue weighted by atomic mass is 10.2. The highest BCUT2D eigenvalue weighted by Gasteiger charge is 2.17. The summed E-state index contributed by atoms with van der Waals surface area (Å²) in [5.41, 5.74) is -0.480. The van der Waals surface area contributed by atoms with Gasteiger partial charge in [-0.05, 0) is 24.6 Å². The Labute approximate surface area is 116 Å². The Bertz CT molecular complexity index is 573. The van der Waals surface area contributed by atoms with Crippen LogP contribution in [0.1, 0.15) is 23.7 Å². The molecule has 0 amide bonds. The number of benzene rings is 1. The Balaban J connectivity index is 2.72. The number of esters is 1. The maximum absolute atomic E-state index is 13.5. The molecule has 112 valence electrons. The van der Waals surface area contributed by atoms with Crippen LogP contribution in [-0.2, 0) is 19.5 Å². The molecule has 1 rings (SSSR count). The number of nitrogens with two attached hydrogens (primary N) is 1. The fourth-order valence-electron chi connectivity index (χ4n) is 1.36. The van der Waals surface area contributed by atoms with E-state index in [-0.39, 0.29) is 18.1 Å². The van der Waals surface area contributed by atoms with Crippen molar-refractivity contribution in [2.75, 3.05) is 19.8 Å². The zero-order valence-electron chi connectivity index (χ0n) is 11.0. The lowest BCUT2D eigenvalue weighted by Crippen LogP contribution is -2.16. The Morgan fingerprint density at radius 1 is 1.30 bits per heavy atom. The molecule has 0 bridgehead atoms. The summed E-state index contributed by atoms with van der Waals surface area (Å²) in [5, 5.41) is 4.91. The van der Waals surface area contributed by atoms with E-state index in [0.29, 0.717) is 6.61 Å². The van der Waals surface area contributed by atoms with Gasteiger partial charge in [0.15, 0.2) is 0 Å². The first kappa shape index (κ1) is 16.5.